The van der Waals surface area contributed by atoms with Crippen LogP contribution in [0.2, 0.25) is 0 Å². The minimum Gasteiger partial charge on any atom is -0.394 e. The first-order valence-corrected chi connectivity index (χ1v) is 8.44. The molecule has 0 saturated carbocycles. The summed E-state index contributed by atoms with van der Waals surface area (Å²) in [7, 11) is 0. The van der Waals surface area contributed by atoms with Crippen LogP contribution < -0.4 is 10.8 Å². The predicted molar refractivity (Wildman–Crippen MR) is 91.2 cm³/mol. The third kappa shape index (κ3) is 5.96. The smallest absolute Gasteiger partial charge is 0.356 e. The van der Waals surface area contributed by atoms with Crippen molar-refractivity contribution >= 4 is 11.9 Å². The topological polar surface area (TPSA) is 147 Å². The number of nitrogens with one attached hydrogen (secondary N) is 2. The molecule has 5 atom stereocenters. The van der Waals surface area contributed by atoms with Gasteiger partial charge >= 0.3 is 5.97 Å². The lowest BCUT2D eigenvalue weighted by molar-refractivity contribution is -0.270. The van der Waals surface area contributed by atoms with Crippen LogP contribution >= 0.6 is 0 Å². The van der Waals surface area contributed by atoms with Gasteiger partial charge in [0.25, 0.3) is 0 Å². The number of hydrogen-bond acceptors (Lipinski definition) is 9. The SMILES string of the molecule is CC(=O)NC1C(O)[C@H](O)C(CO)O[C@H]1OCCNOC(=O)c1ccccc1. The number of carbonyl (C=O) groups excluding carboxylic acids is 2. The van der Waals surface area contributed by atoms with Gasteiger partial charge in [-0.2, -0.15) is 5.48 Å². The molecule has 1 amide bonds. The van der Waals surface area contributed by atoms with E-state index in [0.29, 0.717) is 5.56 Å². The predicted octanol–water partition coefficient (Wildman–Crippen LogP) is -1.69. The van der Waals surface area contributed by atoms with E-state index < -0.39 is 49.1 Å². The Bertz CT molecular complexity index is 614. The number of hydroxylamine groups is 1. The monoisotopic (exact) mass is 384 g/mol. The Balaban J connectivity index is 1.81. The number of benzene rings is 1. The number of hydrogen-bond donors (Lipinski definition) is 5. The second kappa shape index (κ2) is 10.3. The molecule has 10 nitrogen and oxygen atoms in total. The quantitative estimate of drug-likeness (QED) is 0.262. The lowest BCUT2D eigenvalue weighted by atomic mass is 9.97. The number of carbonyl (C=O) groups is 2. The minimum atomic E-state index is -1.38. The van der Waals surface area contributed by atoms with Crippen molar-refractivity contribution < 1.29 is 39.2 Å². The summed E-state index contributed by atoms with van der Waals surface area (Å²) >= 11 is 0. The average molecular weight is 384 g/mol. The van der Waals surface area contributed by atoms with E-state index in [4.69, 9.17) is 14.3 Å². The molecule has 1 heterocycles. The van der Waals surface area contributed by atoms with E-state index in [1.165, 1.54) is 6.92 Å². The molecule has 1 aliphatic heterocycles. The number of rotatable bonds is 8. The highest BCUT2D eigenvalue weighted by molar-refractivity contribution is 5.89. The van der Waals surface area contributed by atoms with Crippen LogP contribution in [-0.2, 0) is 19.1 Å². The van der Waals surface area contributed by atoms with E-state index in [1.807, 2.05) is 0 Å². The molecule has 1 saturated heterocycles. The van der Waals surface area contributed by atoms with E-state index in [0.717, 1.165) is 0 Å². The first-order valence-electron chi connectivity index (χ1n) is 8.44. The second-order valence-corrected chi connectivity index (χ2v) is 5.95. The maximum atomic E-state index is 11.8. The highest BCUT2D eigenvalue weighted by atomic mass is 16.7. The molecular formula is C17H24N2O8. The van der Waals surface area contributed by atoms with Crippen LogP contribution in [0, 0.1) is 0 Å². The van der Waals surface area contributed by atoms with Crippen molar-refractivity contribution in [2.45, 2.75) is 37.6 Å². The molecule has 0 aliphatic carbocycles. The molecule has 1 fully saturated rings. The highest BCUT2D eigenvalue weighted by Gasteiger charge is 2.45. The Kier molecular flexibility index (Phi) is 8.10. The Morgan fingerprint density at radius 1 is 1.19 bits per heavy atom. The molecule has 1 aliphatic rings. The van der Waals surface area contributed by atoms with Gasteiger partial charge in [0.15, 0.2) is 6.29 Å². The van der Waals surface area contributed by atoms with Crippen molar-refractivity contribution in [1.29, 1.82) is 0 Å². The normalized spacial score (nSPS) is 27.8. The summed E-state index contributed by atoms with van der Waals surface area (Å²) < 4.78 is 10.9. The summed E-state index contributed by atoms with van der Waals surface area (Å²) in [5.74, 6) is -1.000. The average Bonchev–Trinajstić information content (AvgIpc) is 2.67. The molecule has 2 rings (SSSR count). The van der Waals surface area contributed by atoms with E-state index in [2.05, 4.69) is 10.8 Å². The number of aliphatic hydroxyl groups is 3. The zero-order valence-electron chi connectivity index (χ0n) is 14.8. The third-order valence-electron chi connectivity index (χ3n) is 3.91. The van der Waals surface area contributed by atoms with E-state index in [-0.39, 0.29) is 13.2 Å². The Morgan fingerprint density at radius 2 is 1.89 bits per heavy atom. The summed E-state index contributed by atoms with van der Waals surface area (Å²) in [5, 5.41) is 31.7. The fourth-order valence-corrected chi connectivity index (χ4v) is 2.58. The van der Waals surface area contributed by atoms with Crippen LogP contribution in [0.15, 0.2) is 30.3 Å². The fraction of sp³-hybridized carbons (Fsp3) is 0.529. The summed E-state index contributed by atoms with van der Waals surface area (Å²) in [6.45, 7) is 0.828. The van der Waals surface area contributed by atoms with Gasteiger partial charge in [0, 0.05) is 6.92 Å². The summed E-state index contributed by atoms with van der Waals surface area (Å²) in [6, 6.07) is 7.39. The largest absolute Gasteiger partial charge is 0.394 e. The van der Waals surface area contributed by atoms with Crippen LogP contribution in [0.3, 0.4) is 0 Å². The van der Waals surface area contributed by atoms with Gasteiger partial charge in [-0.15, -0.1) is 0 Å². The van der Waals surface area contributed by atoms with Crippen molar-refractivity contribution in [2.24, 2.45) is 0 Å². The van der Waals surface area contributed by atoms with E-state index in [1.54, 1.807) is 30.3 Å². The van der Waals surface area contributed by atoms with Crippen LogP contribution in [0.5, 0.6) is 0 Å². The molecule has 27 heavy (non-hydrogen) atoms. The zero-order valence-corrected chi connectivity index (χ0v) is 14.8. The van der Waals surface area contributed by atoms with Gasteiger partial charge < -0.3 is 34.9 Å². The standard InChI is InChI=1S/C17H24N2O8/c1-10(21)19-13-15(23)14(22)12(9-20)26-17(13)25-8-7-18-27-16(24)11-5-3-2-4-6-11/h2-6,12-15,17-18,20,22-23H,7-9H2,1H3,(H,19,21)/t12?,13?,14-,15?,17-/m1/s1. The minimum absolute atomic E-state index is 0.00375. The van der Waals surface area contributed by atoms with Gasteiger partial charge in [-0.25, -0.2) is 4.79 Å². The van der Waals surface area contributed by atoms with Crippen molar-refractivity contribution in [3.8, 4) is 0 Å². The van der Waals surface area contributed by atoms with Gasteiger partial charge in [-0.05, 0) is 12.1 Å². The van der Waals surface area contributed by atoms with Gasteiger partial charge in [-0.1, -0.05) is 18.2 Å². The molecule has 10 heteroatoms. The summed E-state index contributed by atoms with van der Waals surface area (Å²) in [6.07, 6.45) is -4.92. The zero-order chi connectivity index (χ0) is 19.8. The number of aliphatic hydroxyl groups excluding tert-OH is 3. The Morgan fingerprint density at radius 3 is 2.52 bits per heavy atom. The molecule has 5 N–H and O–H groups in total. The van der Waals surface area contributed by atoms with E-state index >= 15 is 0 Å². The first kappa shape index (κ1) is 21.2. The molecule has 150 valence electrons. The maximum absolute atomic E-state index is 11.8. The van der Waals surface area contributed by atoms with Gasteiger partial charge in [0.2, 0.25) is 5.91 Å². The molecule has 0 spiro atoms. The molecule has 0 bridgehead atoms. The van der Waals surface area contributed by atoms with Gasteiger partial charge in [-0.3, -0.25) is 4.79 Å². The van der Waals surface area contributed by atoms with Crippen molar-refractivity contribution in [3.05, 3.63) is 35.9 Å². The van der Waals surface area contributed by atoms with Crippen molar-refractivity contribution in [2.75, 3.05) is 19.8 Å². The molecular weight excluding hydrogens is 360 g/mol. The van der Waals surface area contributed by atoms with Crippen LogP contribution in [0.25, 0.3) is 0 Å². The van der Waals surface area contributed by atoms with Crippen molar-refractivity contribution in [3.63, 3.8) is 0 Å². The van der Waals surface area contributed by atoms with Crippen LogP contribution in [-0.4, -0.2) is 77.6 Å². The molecule has 3 unspecified atom stereocenters. The van der Waals surface area contributed by atoms with Crippen LogP contribution in [0.4, 0.5) is 0 Å². The van der Waals surface area contributed by atoms with Gasteiger partial charge in [0.1, 0.15) is 24.4 Å². The van der Waals surface area contributed by atoms with Crippen molar-refractivity contribution in [1.82, 2.24) is 10.8 Å². The lowest BCUT2D eigenvalue weighted by Gasteiger charge is -2.42. The number of amides is 1. The maximum Gasteiger partial charge on any atom is 0.356 e. The lowest BCUT2D eigenvalue weighted by Crippen LogP contribution is -2.64. The Hall–Kier alpha value is -2.08. The first-order chi connectivity index (χ1) is 12.9. The molecule has 1 aromatic carbocycles. The fourth-order valence-electron chi connectivity index (χ4n) is 2.58. The molecule has 0 aromatic heterocycles. The number of ether oxygens (including phenoxy) is 2. The molecule has 1 aromatic rings. The summed E-state index contributed by atoms with van der Waals surface area (Å²) in [5.41, 5.74) is 2.83. The summed E-state index contributed by atoms with van der Waals surface area (Å²) in [4.78, 5) is 28.0. The third-order valence-corrected chi connectivity index (χ3v) is 3.91. The van der Waals surface area contributed by atoms with Gasteiger partial charge in [0.05, 0.1) is 25.3 Å². The van der Waals surface area contributed by atoms with E-state index in [9.17, 15) is 24.9 Å². The second-order valence-electron chi connectivity index (χ2n) is 5.95. The Labute approximate surface area is 156 Å². The van der Waals surface area contributed by atoms with Crippen LogP contribution in [0.1, 0.15) is 17.3 Å². The highest BCUT2D eigenvalue weighted by Crippen LogP contribution is 2.22. The molecule has 0 radical (unpaired) electrons.